The number of hydrogen-bond acceptors (Lipinski definition) is 6. The second kappa shape index (κ2) is 12.5. The molecule has 0 spiro atoms. The minimum absolute atomic E-state index is 0.0464. The highest BCUT2D eigenvalue weighted by Crippen LogP contribution is 2.43. The van der Waals surface area contributed by atoms with Gasteiger partial charge in [0.05, 0.1) is 34.1 Å². The van der Waals surface area contributed by atoms with Crippen molar-refractivity contribution < 1.29 is 9.53 Å². The van der Waals surface area contributed by atoms with E-state index < -0.39 is 22.2 Å². The maximum atomic E-state index is 13.0. The van der Waals surface area contributed by atoms with Gasteiger partial charge in [0.25, 0.3) is 22.2 Å². The normalized spacial score (nSPS) is 19.9. The molecule has 5 rings (SSSR count). The first-order valence-electron chi connectivity index (χ1n) is 15.2. The molecule has 2 aliphatic rings. The van der Waals surface area contributed by atoms with E-state index in [9.17, 15) is 24.0 Å². The lowest BCUT2D eigenvalue weighted by Gasteiger charge is -2.16. The van der Waals surface area contributed by atoms with Crippen LogP contribution in [-0.4, -0.2) is 21.7 Å². The van der Waals surface area contributed by atoms with E-state index in [0.29, 0.717) is 31.2 Å². The number of carbonyl (C=O) groups is 1. The van der Waals surface area contributed by atoms with E-state index in [-0.39, 0.29) is 46.6 Å². The van der Waals surface area contributed by atoms with Crippen LogP contribution in [0.1, 0.15) is 84.0 Å². The molecule has 1 aromatic carbocycles. The summed E-state index contributed by atoms with van der Waals surface area (Å²) in [5, 5.41) is 0.756. The second-order valence-electron chi connectivity index (χ2n) is 11.7. The minimum Gasteiger partial charge on any atom is -0.465 e. The van der Waals surface area contributed by atoms with Crippen LogP contribution in [-0.2, 0) is 22.6 Å². The molecular formula is C32H40N2O6. The fourth-order valence-corrected chi connectivity index (χ4v) is 6.59. The van der Waals surface area contributed by atoms with Crippen LogP contribution in [0.25, 0.3) is 21.5 Å². The van der Waals surface area contributed by atoms with Crippen LogP contribution in [0.2, 0.25) is 0 Å². The van der Waals surface area contributed by atoms with Gasteiger partial charge >= 0.3 is 5.97 Å². The zero-order valence-corrected chi connectivity index (χ0v) is 23.5. The Bertz CT molecular complexity index is 1520. The van der Waals surface area contributed by atoms with Gasteiger partial charge in [0.15, 0.2) is 0 Å². The predicted molar refractivity (Wildman–Crippen MR) is 157 cm³/mol. The summed E-state index contributed by atoms with van der Waals surface area (Å²) < 4.78 is 7.88. The van der Waals surface area contributed by atoms with Gasteiger partial charge in [-0.05, 0) is 56.1 Å². The smallest absolute Gasteiger partial charge is 0.309 e. The zero-order valence-electron chi connectivity index (χ0n) is 23.5. The van der Waals surface area contributed by atoms with Gasteiger partial charge in [-0.3, -0.25) is 33.1 Å². The molecule has 0 N–H and O–H groups in total. The number of esters is 1. The van der Waals surface area contributed by atoms with Crippen molar-refractivity contribution in [1.82, 2.24) is 9.13 Å². The Labute approximate surface area is 233 Å². The summed E-state index contributed by atoms with van der Waals surface area (Å²) in [5.41, 5.74) is -1.68. The molecule has 8 heteroatoms. The number of rotatable bonds is 15. The van der Waals surface area contributed by atoms with Gasteiger partial charge in [-0.2, -0.15) is 0 Å². The largest absolute Gasteiger partial charge is 0.465 e. The molecule has 40 heavy (non-hydrogen) atoms. The summed E-state index contributed by atoms with van der Waals surface area (Å²) >= 11 is 0. The molecular weight excluding hydrogens is 508 g/mol. The number of benzene rings is 1. The Morgan fingerprint density at radius 2 is 1.20 bits per heavy atom. The number of nitrogens with zero attached hydrogens (tertiary/aromatic N) is 2. The molecule has 1 saturated carbocycles. The molecule has 2 bridgehead atoms. The van der Waals surface area contributed by atoms with Crippen LogP contribution >= 0.6 is 0 Å². The van der Waals surface area contributed by atoms with E-state index in [4.69, 9.17) is 4.74 Å². The Morgan fingerprint density at radius 1 is 0.700 bits per heavy atom. The molecule has 3 aromatic rings. The van der Waals surface area contributed by atoms with Crippen LogP contribution in [0.5, 0.6) is 0 Å². The fraction of sp³-hybridized carbons (Fsp3) is 0.594. The Hall–Kier alpha value is -3.29. The molecule has 3 atom stereocenters. The highest BCUT2D eigenvalue weighted by Gasteiger charge is 2.40. The van der Waals surface area contributed by atoms with E-state index in [2.05, 4.69) is 19.1 Å². The Morgan fingerprint density at radius 3 is 1.68 bits per heavy atom. The van der Waals surface area contributed by atoms with Gasteiger partial charge in [0, 0.05) is 13.1 Å². The van der Waals surface area contributed by atoms with E-state index >= 15 is 0 Å². The third-order valence-electron chi connectivity index (χ3n) is 8.90. The lowest BCUT2D eigenvalue weighted by molar-refractivity contribution is -0.149. The molecule has 214 valence electrons. The van der Waals surface area contributed by atoms with Gasteiger partial charge in [-0.25, -0.2) is 0 Å². The number of carbonyl (C=O) groups excluding carboxylic acids is 1. The molecule has 0 aliphatic heterocycles. The molecule has 0 amide bonds. The molecule has 2 aromatic heterocycles. The van der Waals surface area contributed by atoms with Crippen molar-refractivity contribution in [2.24, 2.45) is 17.8 Å². The number of allylic oxidation sites excluding steroid dienone is 2. The number of hydrogen-bond donors (Lipinski definition) is 0. The summed E-state index contributed by atoms with van der Waals surface area (Å²) in [6, 6.07) is 2.84. The average Bonchev–Trinajstić information content (AvgIpc) is 3.70. The van der Waals surface area contributed by atoms with Crippen LogP contribution in [0, 0.1) is 17.8 Å². The van der Waals surface area contributed by atoms with Crippen LogP contribution in [0.15, 0.2) is 43.5 Å². The highest BCUT2D eigenvalue weighted by molar-refractivity contribution is 5.97. The SMILES string of the molecule is CCCCCCCCCCn1c(=O)c2cc3c(=O)n(CCCCOC(=O)C4CC5C=CC4C5)c(=O)c3cc2c1=O. The molecule has 2 heterocycles. The van der Waals surface area contributed by atoms with Crippen molar-refractivity contribution in [2.45, 2.75) is 97.1 Å². The lowest BCUT2D eigenvalue weighted by atomic mass is 9.94. The van der Waals surface area contributed by atoms with Crippen LogP contribution < -0.4 is 22.2 Å². The summed E-state index contributed by atoms with van der Waals surface area (Å²) in [6.45, 7) is 2.99. The molecule has 2 aliphatic carbocycles. The maximum absolute atomic E-state index is 13.0. The van der Waals surface area contributed by atoms with Crippen molar-refractivity contribution in [1.29, 1.82) is 0 Å². The number of ether oxygens (including phenoxy) is 1. The molecule has 1 fully saturated rings. The van der Waals surface area contributed by atoms with Gasteiger partial charge in [-0.1, -0.05) is 64.0 Å². The van der Waals surface area contributed by atoms with E-state index in [1.807, 2.05) is 0 Å². The Balaban J connectivity index is 1.18. The standard InChI is InChI=1S/C32H40N2O6/c1-2-3-4-5-6-7-8-9-14-33-28(35)24-19-26-27(20-25(24)29(33)36)31(38)34(30(26)37)15-10-11-16-40-32(39)23-18-21-12-13-22(23)17-21/h12-13,19-23H,2-11,14-18H2,1H3. The third-order valence-corrected chi connectivity index (χ3v) is 8.90. The van der Waals surface area contributed by atoms with Crippen LogP contribution in [0.4, 0.5) is 0 Å². The zero-order chi connectivity index (χ0) is 28.2. The average molecular weight is 549 g/mol. The summed E-state index contributed by atoms with van der Waals surface area (Å²) in [5.74, 6) is 0.600. The number of unbranched alkanes of at least 4 members (excludes halogenated alkanes) is 8. The lowest BCUT2D eigenvalue weighted by Crippen LogP contribution is -2.26. The van der Waals surface area contributed by atoms with E-state index in [1.54, 1.807) is 0 Å². The first-order valence-corrected chi connectivity index (χ1v) is 15.2. The van der Waals surface area contributed by atoms with Gasteiger partial charge in [-0.15, -0.1) is 0 Å². The number of aromatic nitrogens is 2. The van der Waals surface area contributed by atoms with Crippen molar-refractivity contribution in [3.05, 3.63) is 65.7 Å². The predicted octanol–water partition coefficient (Wildman–Crippen LogP) is 4.59. The minimum atomic E-state index is -0.449. The van der Waals surface area contributed by atoms with Crippen molar-refractivity contribution >= 4 is 27.5 Å². The topological polar surface area (TPSA) is 104 Å². The monoisotopic (exact) mass is 548 g/mol. The van der Waals surface area contributed by atoms with E-state index in [0.717, 1.165) is 36.7 Å². The van der Waals surface area contributed by atoms with Crippen molar-refractivity contribution in [2.75, 3.05) is 6.61 Å². The first kappa shape index (κ1) is 28.2. The molecule has 3 unspecified atom stereocenters. The molecule has 8 nitrogen and oxygen atoms in total. The second-order valence-corrected chi connectivity index (χ2v) is 11.7. The van der Waals surface area contributed by atoms with Crippen LogP contribution in [0.3, 0.4) is 0 Å². The summed E-state index contributed by atoms with van der Waals surface area (Å²) in [7, 11) is 0. The molecule has 0 radical (unpaired) electrons. The van der Waals surface area contributed by atoms with Gasteiger partial charge in [0.2, 0.25) is 0 Å². The number of fused-ring (bicyclic) bond motifs is 4. The Kier molecular flexibility index (Phi) is 8.81. The maximum Gasteiger partial charge on any atom is 0.309 e. The van der Waals surface area contributed by atoms with Crippen molar-refractivity contribution in [3.8, 4) is 0 Å². The highest BCUT2D eigenvalue weighted by atomic mass is 16.5. The fourth-order valence-electron chi connectivity index (χ4n) is 6.59. The van der Waals surface area contributed by atoms with Gasteiger partial charge in [0.1, 0.15) is 0 Å². The van der Waals surface area contributed by atoms with Crippen molar-refractivity contribution in [3.63, 3.8) is 0 Å². The third kappa shape index (κ3) is 5.63. The van der Waals surface area contributed by atoms with E-state index in [1.165, 1.54) is 48.8 Å². The molecule has 0 saturated heterocycles. The first-order chi connectivity index (χ1) is 19.4. The quantitative estimate of drug-likeness (QED) is 0.156. The summed E-state index contributed by atoms with van der Waals surface area (Å²) in [4.78, 5) is 64.5. The summed E-state index contributed by atoms with van der Waals surface area (Å²) in [6.07, 6.45) is 16.2. The van der Waals surface area contributed by atoms with Gasteiger partial charge < -0.3 is 4.74 Å².